The first kappa shape index (κ1) is 13.0. The number of amides is 1. The SMILES string of the molecule is Cc1ncoc1C(=O)N1CCC(C)(C(N)=S)CC1. The monoisotopic (exact) mass is 267 g/mol. The Kier molecular flexibility index (Phi) is 3.38. The van der Waals surface area contributed by atoms with Crippen molar-refractivity contribution in [3.8, 4) is 0 Å². The summed E-state index contributed by atoms with van der Waals surface area (Å²) in [5.74, 6) is 0.226. The molecule has 2 N–H and O–H groups in total. The van der Waals surface area contributed by atoms with E-state index in [2.05, 4.69) is 11.9 Å². The van der Waals surface area contributed by atoms with Gasteiger partial charge in [0.2, 0.25) is 5.76 Å². The molecule has 1 saturated heterocycles. The minimum absolute atomic E-state index is 0.102. The topological polar surface area (TPSA) is 72.4 Å². The number of aryl methyl sites for hydroxylation is 1. The summed E-state index contributed by atoms with van der Waals surface area (Å²) in [6.07, 6.45) is 2.88. The first-order chi connectivity index (χ1) is 8.44. The van der Waals surface area contributed by atoms with E-state index < -0.39 is 0 Å². The van der Waals surface area contributed by atoms with Crippen molar-refractivity contribution in [2.24, 2.45) is 11.1 Å². The molecule has 0 radical (unpaired) electrons. The summed E-state index contributed by atoms with van der Waals surface area (Å²) in [6, 6.07) is 0. The fourth-order valence-electron chi connectivity index (χ4n) is 2.10. The van der Waals surface area contributed by atoms with Crippen LogP contribution in [0.3, 0.4) is 0 Å². The van der Waals surface area contributed by atoms with Gasteiger partial charge in [-0.05, 0) is 19.8 Å². The lowest BCUT2D eigenvalue weighted by atomic mass is 9.80. The average molecular weight is 267 g/mol. The number of rotatable bonds is 2. The zero-order valence-corrected chi connectivity index (χ0v) is 11.4. The molecule has 0 spiro atoms. The van der Waals surface area contributed by atoms with Crippen LogP contribution in [0.2, 0.25) is 0 Å². The van der Waals surface area contributed by atoms with Crippen LogP contribution in [-0.2, 0) is 0 Å². The van der Waals surface area contributed by atoms with E-state index in [9.17, 15) is 4.79 Å². The van der Waals surface area contributed by atoms with Gasteiger partial charge in [-0.1, -0.05) is 19.1 Å². The highest BCUT2D eigenvalue weighted by atomic mass is 32.1. The molecule has 0 aliphatic carbocycles. The van der Waals surface area contributed by atoms with Gasteiger partial charge in [0.25, 0.3) is 5.91 Å². The second kappa shape index (κ2) is 4.68. The zero-order valence-electron chi connectivity index (χ0n) is 10.6. The molecule has 2 heterocycles. The normalized spacial score (nSPS) is 18.7. The highest BCUT2D eigenvalue weighted by molar-refractivity contribution is 7.80. The lowest BCUT2D eigenvalue weighted by Crippen LogP contribution is -2.46. The van der Waals surface area contributed by atoms with E-state index >= 15 is 0 Å². The van der Waals surface area contributed by atoms with E-state index in [1.807, 2.05) is 0 Å². The molecule has 1 aliphatic rings. The molecular weight excluding hydrogens is 250 g/mol. The van der Waals surface area contributed by atoms with Gasteiger partial charge >= 0.3 is 0 Å². The van der Waals surface area contributed by atoms with Crippen LogP contribution in [0, 0.1) is 12.3 Å². The number of piperidine rings is 1. The smallest absolute Gasteiger partial charge is 0.291 e. The molecule has 1 amide bonds. The Bertz CT molecular complexity index is 475. The molecule has 2 rings (SSSR count). The minimum Gasteiger partial charge on any atom is -0.438 e. The predicted octanol–water partition coefficient (Wildman–Crippen LogP) is 1.51. The van der Waals surface area contributed by atoms with E-state index in [0.717, 1.165) is 12.8 Å². The maximum absolute atomic E-state index is 12.2. The number of hydrogen-bond donors (Lipinski definition) is 1. The summed E-state index contributed by atoms with van der Waals surface area (Å²) in [6.45, 7) is 5.11. The molecular formula is C12H17N3O2S. The Morgan fingerprint density at radius 1 is 1.56 bits per heavy atom. The molecule has 0 aromatic carbocycles. The quantitative estimate of drug-likeness (QED) is 0.822. The van der Waals surface area contributed by atoms with Crippen LogP contribution in [0.25, 0.3) is 0 Å². The van der Waals surface area contributed by atoms with Crippen molar-refractivity contribution >= 4 is 23.1 Å². The highest BCUT2D eigenvalue weighted by Crippen LogP contribution is 2.31. The predicted molar refractivity (Wildman–Crippen MR) is 71.3 cm³/mol. The van der Waals surface area contributed by atoms with Gasteiger partial charge in [0, 0.05) is 18.5 Å². The lowest BCUT2D eigenvalue weighted by Gasteiger charge is -2.38. The number of nitrogens with two attached hydrogens (primary N) is 1. The van der Waals surface area contributed by atoms with Gasteiger partial charge in [-0.3, -0.25) is 4.79 Å². The van der Waals surface area contributed by atoms with Gasteiger partial charge in [-0.2, -0.15) is 0 Å². The summed E-state index contributed by atoms with van der Waals surface area (Å²) in [7, 11) is 0. The standard InChI is InChI=1S/C12H17N3O2S/c1-8-9(17-7-14-8)10(16)15-5-3-12(2,4-6-15)11(13)18/h7H,3-6H2,1-2H3,(H2,13,18). The molecule has 6 heteroatoms. The molecule has 1 aromatic heterocycles. The molecule has 0 unspecified atom stereocenters. The van der Waals surface area contributed by atoms with E-state index in [0.29, 0.717) is 29.5 Å². The summed E-state index contributed by atoms with van der Waals surface area (Å²) in [4.78, 5) is 18.4. The Morgan fingerprint density at radius 3 is 2.61 bits per heavy atom. The Morgan fingerprint density at radius 2 is 2.17 bits per heavy atom. The number of thiocarbonyl (C=S) groups is 1. The Balaban J connectivity index is 2.05. The number of aromatic nitrogens is 1. The van der Waals surface area contributed by atoms with Crippen LogP contribution < -0.4 is 5.73 Å². The second-order valence-corrected chi connectivity index (χ2v) is 5.42. The van der Waals surface area contributed by atoms with Gasteiger partial charge in [-0.15, -0.1) is 0 Å². The fraction of sp³-hybridized carbons (Fsp3) is 0.583. The highest BCUT2D eigenvalue weighted by Gasteiger charge is 2.35. The second-order valence-electron chi connectivity index (χ2n) is 4.98. The number of oxazole rings is 1. The van der Waals surface area contributed by atoms with Crippen molar-refractivity contribution in [1.82, 2.24) is 9.88 Å². The van der Waals surface area contributed by atoms with Crippen LogP contribution in [0.1, 0.15) is 36.0 Å². The van der Waals surface area contributed by atoms with Crippen LogP contribution in [-0.4, -0.2) is 33.9 Å². The minimum atomic E-state index is -0.136. The van der Waals surface area contributed by atoms with Crippen molar-refractivity contribution in [3.05, 3.63) is 17.8 Å². The van der Waals surface area contributed by atoms with Gasteiger partial charge in [0.1, 0.15) is 0 Å². The van der Waals surface area contributed by atoms with Crippen molar-refractivity contribution in [2.45, 2.75) is 26.7 Å². The zero-order chi connectivity index (χ0) is 13.3. The summed E-state index contributed by atoms with van der Waals surface area (Å²) >= 11 is 5.08. The fourth-order valence-corrected chi connectivity index (χ4v) is 2.30. The van der Waals surface area contributed by atoms with Gasteiger partial charge in [-0.25, -0.2) is 4.98 Å². The van der Waals surface area contributed by atoms with E-state index in [4.69, 9.17) is 22.4 Å². The van der Waals surface area contributed by atoms with Crippen LogP contribution >= 0.6 is 12.2 Å². The van der Waals surface area contributed by atoms with Crippen molar-refractivity contribution < 1.29 is 9.21 Å². The van der Waals surface area contributed by atoms with Gasteiger partial charge < -0.3 is 15.1 Å². The third-order valence-corrected chi connectivity index (χ3v) is 4.18. The molecule has 5 nitrogen and oxygen atoms in total. The molecule has 0 atom stereocenters. The Labute approximate surface area is 111 Å². The lowest BCUT2D eigenvalue weighted by molar-refractivity contribution is 0.0637. The average Bonchev–Trinajstić information content (AvgIpc) is 2.75. The molecule has 18 heavy (non-hydrogen) atoms. The molecule has 1 aromatic rings. The number of likely N-dealkylation sites (tertiary alicyclic amines) is 1. The summed E-state index contributed by atoms with van der Waals surface area (Å²) < 4.78 is 5.13. The van der Waals surface area contributed by atoms with Crippen molar-refractivity contribution in [1.29, 1.82) is 0 Å². The maximum atomic E-state index is 12.2. The number of nitrogens with zero attached hydrogens (tertiary/aromatic N) is 2. The summed E-state index contributed by atoms with van der Waals surface area (Å²) in [5, 5.41) is 0. The molecule has 1 aliphatic heterocycles. The van der Waals surface area contributed by atoms with Crippen molar-refractivity contribution in [3.63, 3.8) is 0 Å². The number of carbonyl (C=O) groups is 1. The first-order valence-corrected chi connectivity index (χ1v) is 6.34. The summed E-state index contributed by atoms with van der Waals surface area (Å²) in [5.41, 5.74) is 6.23. The third-order valence-electron chi connectivity index (χ3n) is 3.69. The van der Waals surface area contributed by atoms with Crippen LogP contribution in [0.4, 0.5) is 0 Å². The molecule has 0 saturated carbocycles. The Hall–Kier alpha value is -1.43. The number of hydrogen-bond acceptors (Lipinski definition) is 4. The maximum Gasteiger partial charge on any atom is 0.291 e. The molecule has 1 fully saturated rings. The van der Waals surface area contributed by atoms with Crippen molar-refractivity contribution in [2.75, 3.05) is 13.1 Å². The first-order valence-electron chi connectivity index (χ1n) is 5.93. The van der Waals surface area contributed by atoms with Gasteiger partial charge in [0.05, 0.1) is 10.7 Å². The largest absolute Gasteiger partial charge is 0.438 e. The van der Waals surface area contributed by atoms with E-state index in [1.54, 1.807) is 11.8 Å². The molecule has 0 bridgehead atoms. The third kappa shape index (κ3) is 2.25. The van der Waals surface area contributed by atoms with Crippen LogP contribution in [0.15, 0.2) is 10.8 Å². The van der Waals surface area contributed by atoms with E-state index in [-0.39, 0.29) is 11.3 Å². The van der Waals surface area contributed by atoms with Gasteiger partial charge in [0.15, 0.2) is 6.39 Å². The number of carbonyl (C=O) groups excluding carboxylic acids is 1. The van der Waals surface area contributed by atoms with Crippen LogP contribution in [0.5, 0.6) is 0 Å². The molecule has 98 valence electrons. The van der Waals surface area contributed by atoms with E-state index in [1.165, 1.54) is 6.39 Å².